The highest BCUT2D eigenvalue weighted by Crippen LogP contribution is 2.36. The van der Waals surface area contributed by atoms with Crippen LogP contribution in [0.2, 0.25) is 0 Å². The lowest BCUT2D eigenvalue weighted by molar-refractivity contribution is -0.141. The van der Waals surface area contributed by atoms with Gasteiger partial charge < -0.3 is 14.8 Å². The van der Waals surface area contributed by atoms with Crippen molar-refractivity contribution in [1.82, 2.24) is 19.9 Å². The largest absolute Gasteiger partial charge is 0.352 e. The van der Waals surface area contributed by atoms with E-state index in [2.05, 4.69) is 25.9 Å². The highest BCUT2D eigenvalue weighted by Gasteiger charge is 2.47. The normalized spacial score (nSPS) is 23.5. The Balaban J connectivity index is 1.62. The van der Waals surface area contributed by atoms with Gasteiger partial charge in [0, 0.05) is 31.4 Å². The van der Waals surface area contributed by atoms with E-state index in [9.17, 15) is 10.1 Å². The predicted molar refractivity (Wildman–Crippen MR) is 89.2 cm³/mol. The molecule has 24 heavy (non-hydrogen) atoms. The number of aromatic amines is 1. The van der Waals surface area contributed by atoms with Crippen LogP contribution in [0.5, 0.6) is 0 Å². The number of H-pyrrole nitrogens is 1. The van der Waals surface area contributed by atoms with E-state index in [1.807, 2.05) is 17.2 Å². The number of amides is 1. The summed E-state index contributed by atoms with van der Waals surface area (Å²) in [7, 11) is 0. The zero-order chi connectivity index (χ0) is 16.9. The summed E-state index contributed by atoms with van der Waals surface area (Å²) in [6.07, 6.45) is 5.41. The number of carbonyl (C=O) groups is 1. The van der Waals surface area contributed by atoms with Crippen LogP contribution in [-0.2, 0) is 4.79 Å². The first-order valence-electron chi connectivity index (χ1n) is 8.28. The van der Waals surface area contributed by atoms with Crippen LogP contribution in [0.3, 0.4) is 0 Å². The molecule has 2 aromatic heterocycles. The van der Waals surface area contributed by atoms with Crippen LogP contribution >= 0.6 is 0 Å². The maximum atomic E-state index is 12.8. The minimum Gasteiger partial charge on any atom is -0.352 e. The summed E-state index contributed by atoms with van der Waals surface area (Å²) in [6.45, 7) is 4.91. The lowest BCUT2D eigenvalue weighted by Crippen LogP contribution is -2.58. The average Bonchev–Trinajstić information content (AvgIpc) is 3.16. The Morgan fingerprint density at radius 3 is 2.71 bits per heavy atom. The smallest absolute Gasteiger partial charge is 0.243 e. The molecule has 2 unspecified atom stereocenters. The van der Waals surface area contributed by atoms with Gasteiger partial charge in [-0.3, -0.25) is 4.79 Å². The van der Waals surface area contributed by atoms with Crippen molar-refractivity contribution in [1.29, 1.82) is 5.26 Å². The summed E-state index contributed by atoms with van der Waals surface area (Å²) in [6, 6.07) is 4.42. The van der Waals surface area contributed by atoms with Crippen LogP contribution in [0.1, 0.15) is 26.7 Å². The number of piperazine rings is 1. The minimum absolute atomic E-state index is 0.0494. The summed E-state index contributed by atoms with van der Waals surface area (Å²) < 4.78 is 0. The Hall–Kier alpha value is -2.62. The molecule has 4 heterocycles. The Morgan fingerprint density at radius 1 is 1.33 bits per heavy atom. The van der Waals surface area contributed by atoms with Gasteiger partial charge in [-0.25, -0.2) is 9.97 Å². The molecule has 0 aliphatic carbocycles. The van der Waals surface area contributed by atoms with Gasteiger partial charge in [0.15, 0.2) is 0 Å². The van der Waals surface area contributed by atoms with Crippen molar-refractivity contribution in [3.63, 3.8) is 0 Å². The Bertz CT molecular complexity index is 821. The summed E-state index contributed by atoms with van der Waals surface area (Å²) >= 11 is 0. The number of aromatic nitrogens is 3. The van der Waals surface area contributed by atoms with E-state index in [1.165, 1.54) is 0 Å². The molecule has 2 aliphatic heterocycles. The molecular weight excluding hydrogens is 304 g/mol. The molecule has 0 radical (unpaired) electrons. The van der Waals surface area contributed by atoms with Crippen molar-refractivity contribution in [3.05, 3.63) is 18.6 Å². The van der Waals surface area contributed by atoms with Gasteiger partial charge in [-0.2, -0.15) is 5.26 Å². The second-order valence-electron chi connectivity index (χ2n) is 7.18. The van der Waals surface area contributed by atoms with E-state index in [4.69, 9.17) is 0 Å². The number of nitriles is 1. The van der Waals surface area contributed by atoms with E-state index in [0.717, 1.165) is 42.8 Å². The highest BCUT2D eigenvalue weighted by atomic mass is 16.2. The molecule has 1 N–H and O–H groups in total. The van der Waals surface area contributed by atoms with E-state index in [-0.39, 0.29) is 18.0 Å². The maximum Gasteiger partial charge on any atom is 0.243 e. The molecule has 0 spiro atoms. The van der Waals surface area contributed by atoms with Crippen LogP contribution in [0.4, 0.5) is 5.82 Å². The molecule has 2 saturated heterocycles. The zero-order valence-electron chi connectivity index (χ0n) is 13.9. The minimum atomic E-state index is -0.966. The predicted octanol–water partition coefficient (Wildman–Crippen LogP) is 1.69. The van der Waals surface area contributed by atoms with E-state index >= 15 is 0 Å². The highest BCUT2D eigenvalue weighted by molar-refractivity contribution is 5.88. The molecule has 0 saturated carbocycles. The van der Waals surface area contributed by atoms with Crippen molar-refractivity contribution in [2.75, 3.05) is 18.0 Å². The summed E-state index contributed by atoms with van der Waals surface area (Å²) in [4.78, 5) is 28.8. The number of fused-ring (bicyclic) bond motifs is 3. The van der Waals surface area contributed by atoms with Gasteiger partial charge in [0.2, 0.25) is 5.91 Å². The lowest BCUT2D eigenvalue weighted by Gasteiger charge is -2.43. The number of carbonyl (C=O) groups excluding carboxylic acids is 1. The third-order valence-electron chi connectivity index (χ3n) is 5.16. The van der Waals surface area contributed by atoms with Crippen molar-refractivity contribution in [2.24, 2.45) is 5.41 Å². The number of anilines is 1. The van der Waals surface area contributed by atoms with Gasteiger partial charge in [0.05, 0.1) is 11.5 Å². The van der Waals surface area contributed by atoms with Gasteiger partial charge in [0.1, 0.15) is 23.2 Å². The first-order chi connectivity index (χ1) is 11.5. The second kappa shape index (κ2) is 5.20. The summed E-state index contributed by atoms with van der Waals surface area (Å²) in [5.74, 6) is 0.872. The molecule has 4 rings (SSSR count). The second-order valence-corrected chi connectivity index (χ2v) is 7.18. The monoisotopic (exact) mass is 324 g/mol. The molecule has 2 fully saturated rings. The Kier molecular flexibility index (Phi) is 3.23. The van der Waals surface area contributed by atoms with Crippen molar-refractivity contribution >= 4 is 22.8 Å². The Labute approximate surface area is 140 Å². The quantitative estimate of drug-likeness (QED) is 0.908. The first-order valence-corrected chi connectivity index (χ1v) is 8.28. The van der Waals surface area contributed by atoms with Crippen molar-refractivity contribution in [2.45, 2.75) is 38.8 Å². The molecule has 0 aromatic carbocycles. The molecule has 2 atom stereocenters. The van der Waals surface area contributed by atoms with Gasteiger partial charge in [-0.15, -0.1) is 0 Å². The standard InChI is InChI=1S/C17H20N6O/c1-17(2,9-18)16(24)23-11-3-4-12(23)8-22(7-11)15-13-5-6-19-14(13)20-10-21-15/h5-6,10-12H,3-4,7-8H2,1-2H3,(H,19,20,21). The first kappa shape index (κ1) is 14.9. The number of nitrogens with zero attached hydrogens (tertiary/aromatic N) is 5. The third-order valence-corrected chi connectivity index (χ3v) is 5.16. The van der Waals surface area contributed by atoms with Crippen LogP contribution in [0.25, 0.3) is 11.0 Å². The van der Waals surface area contributed by atoms with Crippen molar-refractivity contribution in [3.8, 4) is 6.07 Å². The summed E-state index contributed by atoms with van der Waals surface area (Å²) in [5, 5.41) is 10.3. The van der Waals surface area contributed by atoms with Crippen LogP contribution < -0.4 is 4.90 Å². The molecule has 2 aromatic rings. The van der Waals surface area contributed by atoms with Gasteiger partial charge in [-0.05, 0) is 32.8 Å². The molecule has 2 aliphatic rings. The summed E-state index contributed by atoms with van der Waals surface area (Å²) in [5.41, 5.74) is -0.136. The Morgan fingerprint density at radius 2 is 2.04 bits per heavy atom. The molecule has 7 nitrogen and oxygen atoms in total. The number of nitrogens with one attached hydrogen (secondary N) is 1. The van der Waals surface area contributed by atoms with E-state index < -0.39 is 5.41 Å². The third kappa shape index (κ3) is 2.13. The van der Waals surface area contributed by atoms with Gasteiger partial charge in [-0.1, -0.05) is 0 Å². The number of rotatable bonds is 2. The van der Waals surface area contributed by atoms with Crippen LogP contribution in [0.15, 0.2) is 18.6 Å². The molecule has 124 valence electrons. The van der Waals surface area contributed by atoms with Crippen LogP contribution in [-0.4, -0.2) is 50.9 Å². The zero-order valence-corrected chi connectivity index (χ0v) is 13.9. The fraction of sp³-hybridized carbons (Fsp3) is 0.529. The maximum absolute atomic E-state index is 12.8. The van der Waals surface area contributed by atoms with E-state index in [1.54, 1.807) is 20.2 Å². The lowest BCUT2D eigenvalue weighted by atomic mass is 9.92. The molecule has 2 bridgehead atoms. The van der Waals surface area contributed by atoms with Crippen LogP contribution in [0, 0.1) is 16.7 Å². The number of hydrogen-bond acceptors (Lipinski definition) is 5. The number of hydrogen-bond donors (Lipinski definition) is 1. The SMILES string of the molecule is CC(C)(C#N)C(=O)N1C2CCC1CN(c1ncnc3[nH]ccc13)C2. The fourth-order valence-electron chi connectivity index (χ4n) is 3.89. The van der Waals surface area contributed by atoms with Crippen molar-refractivity contribution < 1.29 is 4.79 Å². The molecule has 7 heteroatoms. The topological polar surface area (TPSA) is 88.9 Å². The molecule has 1 amide bonds. The fourth-order valence-corrected chi connectivity index (χ4v) is 3.89. The van der Waals surface area contributed by atoms with Gasteiger partial charge in [0.25, 0.3) is 0 Å². The van der Waals surface area contributed by atoms with E-state index in [0.29, 0.717) is 0 Å². The van der Waals surface area contributed by atoms with Gasteiger partial charge >= 0.3 is 0 Å². The molecular formula is C17H20N6O. The average molecular weight is 324 g/mol.